The molecule has 1 atom stereocenters. The molecule has 9 heteroatoms. The van der Waals surface area contributed by atoms with Crippen LogP contribution in [0.3, 0.4) is 0 Å². The number of aliphatic hydroxyl groups excluding tert-OH is 1. The van der Waals surface area contributed by atoms with Gasteiger partial charge in [-0.3, -0.25) is 9.59 Å². The normalized spacial score (nSPS) is 18.1. The van der Waals surface area contributed by atoms with Crippen molar-refractivity contribution in [3.05, 3.63) is 70.8 Å². The Morgan fingerprint density at radius 2 is 1.66 bits per heavy atom. The Kier molecular flexibility index (Phi) is 8.15. The fourth-order valence-corrected chi connectivity index (χ4v) is 4.95. The number of ether oxygens (including phenoxy) is 1. The van der Waals surface area contributed by atoms with Gasteiger partial charge in [-0.05, 0) is 47.7 Å². The minimum absolute atomic E-state index is 0.0204. The second-order valence-electron chi connectivity index (χ2n) is 8.97. The molecule has 0 radical (unpaired) electrons. The van der Waals surface area contributed by atoms with Gasteiger partial charge in [0, 0.05) is 39.9 Å². The highest BCUT2D eigenvalue weighted by Gasteiger charge is 2.45. The molecule has 1 N–H and O–H groups in total. The highest BCUT2D eigenvalue weighted by molar-refractivity contribution is 7.89. The molecule has 2 aromatic carbocycles. The first-order valence-electron chi connectivity index (χ1n) is 11.4. The first-order valence-corrected chi connectivity index (χ1v) is 12.8. The fraction of sp³-hybridized carbons (Fsp3) is 0.385. The van der Waals surface area contributed by atoms with E-state index < -0.39 is 27.8 Å². The summed E-state index contributed by atoms with van der Waals surface area (Å²) in [5.74, 6) is -1.49. The van der Waals surface area contributed by atoms with Gasteiger partial charge >= 0.3 is 0 Å². The number of benzene rings is 2. The van der Waals surface area contributed by atoms with Gasteiger partial charge in [0.25, 0.3) is 11.7 Å². The van der Waals surface area contributed by atoms with Gasteiger partial charge in [0.2, 0.25) is 10.0 Å². The molecule has 1 aliphatic heterocycles. The van der Waals surface area contributed by atoms with E-state index in [2.05, 4.69) is 13.8 Å². The predicted molar refractivity (Wildman–Crippen MR) is 133 cm³/mol. The molecule has 8 nitrogen and oxygen atoms in total. The minimum Gasteiger partial charge on any atom is -0.507 e. The Morgan fingerprint density at radius 1 is 1.06 bits per heavy atom. The van der Waals surface area contributed by atoms with Crippen molar-refractivity contribution in [1.82, 2.24) is 9.21 Å². The number of rotatable bonds is 9. The van der Waals surface area contributed by atoms with E-state index in [-0.39, 0.29) is 28.3 Å². The molecule has 1 aliphatic rings. The van der Waals surface area contributed by atoms with Gasteiger partial charge in [-0.2, -0.15) is 0 Å². The van der Waals surface area contributed by atoms with E-state index in [1.807, 2.05) is 24.3 Å². The van der Waals surface area contributed by atoms with Gasteiger partial charge in [0.15, 0.2) is 0 Å². The number of sulfonamides is 1. The highest BCUT2D eigenvalue weighted by atomic mass is 32.2. The molecule has 0 bridgehead atoms. The van der Waals surface area contributed by atoms with Gasteiger partial charge in [-0.1, -0.05) is 38.1 Å². The first-order chi connectivity index (χ1) is 16.5. The molecule has 188 valence electrons. The monoisotopic (exact) mass is 500 g/mol. The number of carbonyl (C=O) groups is 2. The summed E-state index contributed by atoms with van der Waals surface area (Å²) in [6.07, 6.45) is 0.529. The maximum atomic E-state index is 13.1. The molecular formula is C26H32N2O6S. The van der Waals surface area contributed by atoms with Crippen molar-refractivity contribution < 1.29 is 27.9 Å². The van der Waals surface area contributed by atoms with E-state index in [0.717, 1.165) is 9.87 Å². The average Bonchev–Trinajstić information content (AvgIpc) is 3.08. The summed E-state index contributed by atoms with van der Waals surface area (Å²) in [7, 11) is 0.775. The predicted octanol–water partition coefficient (Wildman–Crippen LogP) is 3.52. The lowest BCUT2D eigenvalue weighted by Crippen LogP contribution is -2.31. The summed E-state index contributed by atoms with van der Waals surface area (Å²) in [5.41, 5.74) is 2.05. The topological polar surface area (TPSA) is 104 Å². The van der Waals surface area contributed by atoms with E-state index in [1.165, 1.54) is 43.3 Å². The molecule has 1 saturated heterocycles. The van der Waals surface area contributed by atoms with Crippen LogP contribution in [0.2, 0.25) is 0 Å². The minimum atomic E-state index is -3.65. The zero-order chi connectivity index (χ0) is 25.9. The van der Waals surface area contributed by atoms with Crippen molar-refractivity contribution in [2.45, 2.75) is 37.1 Å². The first kappa shape index (κ1) is 26.6. The number of amides is 1. The van der Waals surface area contributed by atoms with Gasteiger partial charge in [-0.15, -0.1) is 0 Å². The van der Waals surface area contributed by atoms with Crippen molar-refractivity contribution in [2.24, 2.45) is 0 Å². The van der Waals surface area contributed by atoms with E-state index in [9.17, 15) is 23.1 Å². The maximum Gasteiger partial charge on any atom is 0.295 e. The Labute approximate surface area is 206 Å². The van der Waals surface area contributed by atoms with Crippen LogP contribution in [-0.4, -0.2) is 68.8 Å². The third kappa shape index (κ3) is 5.32. The number of hydrogen-bond donors (Lipinski definition) is 1. The second-order valence-corrected chi connectivity index (χ2v) is 11.1. The van der Waals surface area contributed by atoms with Crippen LogP contribution in [0.5, 0.6) is 0 Å². The quantitative estimate of drug-likeness (QED) is 0.245. The lowest BCUT2D eigenvalue weighted by molar-refractivity contribution is -0.140. The van der Waals surface area contributed by atoms with Gasteiger partial charge in [0.1, 0.15) is 5.76 Å². The molecule has 3 rings (SSSR count). The van der Waals surface area contributed by atoms with E-state index >= 15 is 0 Å². The number of methoxy groups -OCH3 is 1. The molecule has 0 saturated carbocycles. The van der Waals surface area contributed by atoms with Crippen molar-refractivity contribution in [3.8, 4) is 0 Å². The van der Waals surface area contributed by atoms with Gasteiger partial charge in [-0.25, -0.2) is 12.7 Å². The molecule has 0 aromatic heterocycles. The Hall–Kier alpha value is -3.01. The third-order valence-electron chi connectivity index (χ3n) is 6.11. The summed E-state index contributed by atoms with van der Waals surface area (Å²) in [6, 6.07) is 12.5. The van der Waals surface area contributed by atoms with E-state index in [0.29, 0.717) is 24.5 Å². The molecule has 0 spiro atoms. The zero-order valence-corrected chi connectivity index (χ0v) is 21.5. The Morgan fingerprint density at radius 3 is 2.17 bits per heavy atom. The number of aliphatic hydroxyl groups is 1. The van der Waals surface area contributed by atoms with Crippen LogP contribution in [0.15, 0.2) is 59.0 Å². The lowest BCUT2D eigenvalue weighted by Gasteiger charge is -2.25. The molecular weight excluding hydrogens is 468 g/mol. The van der Waals surface area contributed by atoms with E-state index in [4.69, 9.17) is 4.74 Å². The van der Waals surface area contributed by atoms with E-state index in [1.54, 1.807) is 7.11 Å². The summed E-state index contributed by atoms with van der Waals surface area (Å²) in [6.45, 7) is 4.85. The van der Waals surface area contributed by atoms with Gasteiger partial charge in [0.05, 0.1) is 16.5 Å². The molecule has 1 unspecified atom stereocenters. The Balaban J connectivity index is 2.10. The smallest absolute Gasteiger partial charge is 0.295 e. The number of hydrogen-bond acceptors (Lipinski definition) is 6. The van der Waals surface area contributed by atoms with Crippen LogP contribution in [0, 0.1) is 0 Å². The van der Waals surface area contributed by atoms with Crippen molar-refractivity contribution in [1.29, 1.82) is 0 Å². The number of likely N-dealkylation sites (tertiary alicyclic amines) is 1. The molecule has 1 heterocycles. The number of Topliss-reactive ketones (excluding diaryl/α,β-unsaturated/α-hetero) is 1. The Bertz CT molecular complexity index is 1220. The lowest BCUT2D eigenvalue weighted by atomic mass is 9.93. The molecule has 35 heavy (non-hydrogen) atoms. The van der Waals surface area contributed by atoms with Crippen LogP contribution in [0.25, 0.3) is 5.76 Å². The number of carbonyl (C=O) groups excluding carboxylic acids is 2. The molecule has 2 aromatic rings. The van der Waals surface area contributed by atoms with Crippen LogP contribution in [0.4, 0.5) is 0 Å². The highest BCUT2D eigenvalue weighted by Crippen LogP contribution is 2.40. The summed E-state index contributed by atoms with van der Waals surface area (Å²) < 4.78 is 31.0. The maximum absolute atomic E-state index is 13.1. The SMILES string of the molecule is COCCCN1C(=O)C(=O)C(=C(O)c2ccc(S(=O)(=O)N(C)C)cc2)C1c1ccc(C(C)C)cc1. The zero-order valence-electron chi connectivity index (χ0n) is 20.7. The van der Waals surface area contributed by atoms with Crippen molar-refractivity contribution in [2.75, 3.05) is 34.4 Å². The van der Waals surface area contributed by atoms with Crippen LogP contribution in [-0.2, 0) is 24.3 Å². The number of nitrogens with zero attached hydrogens (tertiary/aromatic N) is 2. The molecule has 0 aliphatic carbocycles. The summed E-state index contributed by atoms with van der Waals surface area (Å²) in [5, 5.41) is 11.2. The fourth-order valence-electron chi connectivity index (χ4n) is 4.05. The summed E-state index contributed by atoms with van der Waals surface area (Å²) in [4.78, 5) is 27.6. The van der Waals surface area contributed by atoms with Crippen LogP contribution < -0.4 is 0 Å². The van der Waals surface area contributed by atoms with Crippen LogP contribution >= 0.6 is 0 Å². The summed E-state index contributed by atoms with van der Waals surface area (Å²) >= 11 is 0. The number of ketones is 1. The van der Waals surface area contributed by atoms with Gasteiger partial charge < -0.3 is 14.7 Å². The second kappa shape index (κ2) is 10.7. The molecule has 1 fully saturated rings. The van der Waals surface area contributed by atoms with Crippen molar-refractivity contribution in [3.63, 3.8) is 0 Å². The average molecular weight is 501 g/mol. The standard InChI is InChI=1S/C26H32N2O6S/c1-17(2)18-7-9-19(10-8-18)23-22(25(30)26(31)28(23)15-6-16-34-5)24(29)20-11-13-21(14-12-20)35(32,33)27(3)4/h7-14,17,23,29H,6,15-16H2,1-5H3. The van der Waals surface area contributed by atoms with Crippen LogP contribution in [0.1, 0.15) is 48.9 Å². The molecule has 1 amide bonds. The third-order valence-corrected chi connectivity index (χ3v) is 7.94. The van der Waals surface area contributed by atoms with Crippen molar-refractivity contribution >= 4 is 27.5 Å². The largest absolute Gasteiger partial charge is 0.507 e.